The van der Waals surface area contributed by atoms with Crippen molar-refractivity contribution in [3.8, 4) is 11.5 Å². The highest BCUT2D eigenvalue weighted by Crippen LogP contribution is 2.34. The Balaban J connectivity index is 1.70. The molecule has 7 nitrogen and oxygen atoms in total. The van der Waals surface area contributed by atoms with Crippen molar-refractivity contribution in [2.45, 2.75) is 44.0 Å². The molecule has 1 saturated carbocycles. The van der Waals surface area contributed by atoms with E-state index in [9.17, 15) is 22.8 Å². The molecule has 1 aromatic heterocycles. The summed E-state index contributed by atoms with van der Waals surface area (Å²) in [4.78, 5) is 30.7. The van der Waals surface area contributed by atoms with Crippen molar-refractivity contribution in [2.24, 2.45) is 0 Å². The fraction of sp³-hybridized carbons (Fsp3) is 0.500. The van der Waals surface area contributed by atoms with Gasteiger partial charge in [0.1, 0.15) is 0 Å². The van der Waals surface area contributed by atoms with E-state index in [0.717, 1.165) is 4.90 Å². The highest BCUT2D eigenvalue weighted by Gasteiger charge is 2.43. The number of fused-ring (bicyclic) bond motifs is 1. The predicted molar refractivity (Wildman–Crippen MR) is 94.4 cm³/mol. The molecule has 0 spiro atoms. The summed E-state index contributed by atoms with van der Waals surface area (Å²) in [5, 5.41) is 0.350. The lowest BCUT2D eigenvalue weighted by Crippen LogP contribution is -2.46. The third kappa shape index (κ3) is 4.05. The molecule has 1 aliphatic rings. The van der Waals surface area contributed by atoms with Gasteiger partial charge in [0.25, 0.3) is 5.56 Å². The van der Waals surface area contributed by atoms with Gasteiger partial charge >= 0.3 is 12.1 Å². The minimum Gasteiger partial charge on any atom is -0.493 e. The van der Waals surface area contributed by atoms with E-state index in [1.807, 2.05) is 0 Å². The molecule has 0 radical (unpaired) electrons. The molecule has 1 N–H and O–H groups in total. The minimum absolute atomic E-state index is 0.257. The quantitative estimate of drug-likeness (QED) is 0.855. The average molecular weight is 399 g/mol. The molecule has 1 fully saturated rings. The Morgan fingerprint density at radius 2 is 1.89 bits per heavy atom. The number of nitrogens with one attached hydrogen (secondary N) is 1. The summed E-state index contributed by atoms with van der Waals surface area (Å²) in [6.45, 7) is 0. The average Bonchev–Trinajstić information content (AvgIpc) is 2.67. The summed E-state index contributed by atoms with van der Waals surface area (Å²) in [5.74, 6) is -1.05. The molecule has 0 bridgehead atoms. The third-order valence-electron chi connectivity index (χ3n) is 4.97. The van der Waals surface area contributed by atoms with Gasteiger partial charge in [0.2, 0.25) is 0 Å². The first kappa shape index (κ1) is 20.0. The first-order chi connectivity index (χ1) is 13.2. The number of halogens is 3. The van der Waals surface area contributed by atoms with E-state index in [2.05, 4.69) is 9.97 Å². The summed E-state index contributed by atoms with van der Waals surface area (Å²) in [6, 6.07) is 2.66. The van der Waals surface area contributed by atoms with Crippen LogP contribution >= 0.6 is 0 Å². The standard InChI is InChI=1S/C18H20F3N3O4/c1-24(17(26)18(19,20)21)10-3-5-11(6-4-10)28-15-7-12-13(8-14(15)27-2)22-9-23-16(12)25/h7-11H,3-6H2,1-2H3,(H,22,23,25)/t10-,11-. The van der Waals surface area contributed by atoms with E-state index in [0.29, 0.717) is 48.1 Å². The number of H-pyrrole nitrogens is 1. The highest BCUT2D eigenvalue weighted by molar-refractivity contribution is 5.82. The van der Waals surface area contributed by atoms with Crippen LogP contribution in [-0.2, 0) is 4.79 Å². The number of amides is 1. The molecule has 3 rings (SSSR count). The van der Waals surface area contributed by atoms with Crippen molar-refractivity contribution in [3.05, 3.63) is 28.8 Å². The number of ether oxygens (including phenoxy) is 2. The van der Waals surface area contributed by atoms with E-state index >= 15 is 0 Å². The maximum absolute atomic E-state index is 12.6. The number of nitrogens with zero attached hydrogens (tertiary/aromatic N) is 2. The monoisotopic (exact) mass is 399 g/mol. The van der Waals surface area contributed by atoms with Gasteiger partial charge in [-0.1, -0.05) is 0 Å². The second kappa shape index (κ2) is 7.69. The smallest absolute Gasteiger partial charge is 0.471 e. The number of benzene rings is 1. The van der Waals surface area contributed by atoms with Gasteiger partial charge < -0.3 is 19.4 Å². The number of alkyl halides is 3. The van der Waals surface area contributed by atoms with Gasteiger partial charge in [0, 0.05) is 19.2 Å². The van der Waals surface area contributed by atoms with E-state index in [-0.39, 0.29) is 11.7 Å². The molecule has 28 heavy (non-hydrogen) atoms. The zero-order valence-electron chi connectivity index (χ0n) is 15.4. The number of carbonyl (C=O) groups is 1. The normalized spacial score (nSPS) is 20.0. The second-order valence-corrected chi connectivity index (χ2v) is 6.71. The van der Waals surface area contributed by atoms with Crippen LogP contribution in [0.1, 0.15) is 25.7 Å². The summed E-state index contributed by atoms with van der Waals surface area (Å²) < 4.78 is 49.1. The minimum atomic E-state index is -4.87. The van der Waals surface area contributed by atoms with Gasteiger partial charge in [-0.05, 0) is 31.7 Å². The summed E-state index contributed by atoms with van der Waals surface area (Å²) in [7, 11) is 2.64. The maximum atomic E-state index is 12.6. The second-order valence-electron chi connectivity index (χ2n) is 6.71. The first-order valence-electron chi connectivity index (χ1n) is 8.76. The van der Waals surface area contributed by atoms with Crippen molar-refractivity contribution in [2.75, 3.05) is 14.2 Å². The van der Waals surface area contributed by atoms with Crippen molar-refractivity contribution in [1.29, 1.82) is 0 Å². The Hall–Kier alpha value is -2.78. The Labute approximate surface area is 158 Å². The molecule has 0 saturated heterocycles. The molecule has 10 heteroatoms. The van der Waals surface area contributed by atoms with Gasteiger partial charge in [-0.15, -0.1) is 0 Å². The van der Waals surface area contributed by atoms with E-state index in [4.69, 9.17) is 9.47 Å². The highest BCUT2D eigenvalue weighted by atomic mass is 19.4. The number of aromatic nitrogens is 2. The van der Waals surface area contributed by atoms with Crippen LogP contribution in [-0.4, -0.2) is 53.3 Å². The fourth-order valence-corrected chi connectivity index (χ4v) is 3.42. The number of rotatable bonds is 4. The topological polar surface area (TPSA) is 84.5 Å². The van der Waals surface area contributed by atoms with Gasteiger partial charge in [-0.2, -0.15) is 13.2 Å². The van der Waals surface area contributed by atoms with Gasteiger partial charge in [-0.3, -0.25) is 9.59 Å². The van der Waals surface area contributed by atoms with Crippen LogP contribution in [0.25, 0.3) is 10.9 Å². The lowest BCUT2D eigenvalue weighted by Gasteiger charge is -2.35. The summed E-state index contributed by atoms with van der Waals surface area (Å²) in [5.41, 5.74) is 0.150. The van der Waals surface area contributed by atoms with Gasteiger partial charge in [0.15, 0.2) is 11.5 Å². The summed E-state index contributed by atoms with van der Waals surface area (Å²) >= 11 is 0. The van der Waals surface area contributed by atoms with E-state index in [1.165, 1.54) is 20.5 Å². The zero-order chi connectivity index (χ0) is 20.5. The van der Waals surface area contributed by atoms with E-state index in [1.54, 1.807) is 12.1 Å². The summed E-state index contributed by atoms with van der Waals surface area (Å²) in [6.07, 6.45) is -2.10. The van der Waals surface area contributed by atoms with E-state index < -0.39 is 18.1 Å². The van der Waals surface area contributed by atoms with Crippen molar-refractivity contribution < 1.29 is 27.4 Å². The van der Waals surface area contributed by atoms with Gasteiger partial charge in [-0.25, -0.2) is 4.98 Å². The number of hydrogen-bond donors (Lipinski definition) is 1. The molecular formula is C18H20F3N3O4. The van der Waals surface area contributed by atoms with Crippen molar-refractivity contribution >= 4 is 16.8 Å². The zero-order valence-corrected chi connectivity index (χ0v) is 15.4. The molecule has 1 aliphatic carbocycles. The molecule has 2 aromatic rings. The third-order valence-corrected chi connectivity index (χ3v) is 4.97. The maximum Gasteiger partial charge on any atom is 0.471 e. The van der Waals surface area contributed by atoms with Crippen molar-refractivity contribution in [3.63, 3.8) is 0 Å². The van der Waals surface area contributed by atoms with Crippen LogP contribution in [0.4, 0.5) is 13.2 Å². The van der Waals surface area contributed by atoms with Crippen molar-refractivity contribution in [1.82, 2.24) is 14.9 Å². The molecular weight excluding hydrogens is 379 g/mol. The molecule has 1 amide bonds. The van der Waals surface area contributed by atoms with Crippen LogP contribution < -0.4 is 15.0 Å². The number of aromatic amines is 1. The van der Waals surface area contributed by atoms with Crippen LogP contribution in [0.3, 0.4) is 0 Å². The Bertz CT molecular complexity index is 920. The SMILES string of the molecule is COc1cc2nc[nH]c(=O)c2cc1O[C@H]1CC[C@H](N(C)C(=O)C(F)(F)F)CC1. The largest absolute Gasteiger partial charge is 0.493 e. The van der Waals surface area contributed by atoms with Crippen LogP contribution in [0.5, 0.6) is 11.5 Å². The van der Waals surface area contributed by atoms with Crippen LogP contribution in [0.15, 0.2) is 23.3 Å². The molecule has 1 aromatic carbocycles. The Morgan fingerprint density at radius 3 is 2.50 bits per heavy atom. The molecule has 0 atom stereocenters. The molecule has 152 valence electrons. The number of carbonyl (C=O) groups excluding carboxylic acids is 1. The molecule has 0 aliphatic heterocycles. The lowest BCUT2D eigenvalue weighted by molar-refractivity contribution is -0.187. The van der Waals surface area contributed by atoms with Crippen LogP contribution in [0.2, 0.25) is 0 Å². The number of hydrogen-bond acceptors (Lipinski definition) is 5. The van der Waals surface area contributed by atoms with Crippen LogP contribution in [0, 0.1) is 0 Å². The van der Waals surface area contributed by atoms with Gasteiger partial charge in [0.05, 0.1) is 30.4 Å². The predicted octanol–water partition coefficient (Wildman–Crippen LogP) is 2.64. The number of methoxy groups -OCH3 is 1. The lowest BCUT2D eigenvalue weighted by atomic mass is 9.92. The Kier molecular flexibility index (Phi) is 5.48. The molecule has 1 heterocycles. The first-order valence-corrected chi connectivity index (χ1v) is 8.76. The molecule has 0 unspecified atom stereocenters. The Morgan fingerprint density at radius 1 is 1.21 bits per heavy atom. The fourth-order valence-electron chi connectivity index (χ4n) is 3.42.